The van der Waals surface area contributed by atoms with Gasteiger partial charge in [-0.2, -0.15) is 0 Å². The molecule has 0 spiro atoms. The summed E-state index contributed by atoms with van der Waals surface area (Å²) in [6.07, 6.45) is 0.794. The fourth-order valence-electron chi connectivity index (χ4n) is 1.95. The molecule has 2 amide bonds. The molecule has 1 N–H and O–H groups in total. The van der Waals surface area contributed by atoms with Crippen LogP contribution in [-0.4, -0.2) is 61.9 Å². The fourth-order valence-corrected chi connectivity index (χ4v) is 1.95. The van der Waals surface area contributed by atoms with Crippen molar-refractivity contribution in [1.29, 1.82) is 0 Å². The van der Waals surface area contributed by atoms with E-state index in [0.29, 0.717) is 19.6 Å². The molecule has 0 aromatic heterocycles. The predicted octanol–water partition coefficient (Wildman–Crippen LogP) is -0.467. The van der Waals surface area contributed by atoms with Gasteiger partial charge >= 0.3 is 0 Å². The van der Waals surface area contributed by atoms with Crippen molar-refractivity contribution in [3.8, 4) is 0 Å². The lowest BCUT2D eigenvalue weighted by atomic mass is 10.1. The lowest BCUT2D eigenvalue weighted by molar-refractivity contribution is -0.134. The number of nitrogens with zero attached hydrogens (tertiary/aromatic N) is 2. The summed E-state index contributed by atoms with van der Waals surface area (Å²) in [5.74, 6) is 0.206. The molecular weight excluding hydrogens is 206 g/mol. The maximum Gasteiger partial charge on any atom is 0.227 e. The van der Waals surface area contributed by atoms with Crippen molar-refractivity contribution in [3.63, 3.8) is 0 Å². The zero-order valence-corrected chi connectivity index (χ0v) is 10.3. The van der Waals surface area contributed by atoms with E-state index in [-0.39, 0.29) is 17.7 Å². The number of likely N-dealkylation sites (N-methyl/N-ethyl adjacent to an activating group) is 2. The Balaban J connectivity index is 2.41. The quantitative estimate of drug-likeness (QED) is 0.706. The SMILES string of the molecule is CNCCN(C)C(=O)C1CCN(C(C)=O)C1. The topological polar surface area (TPSA) is 52.7 Å². The van der Waals surface area contributed by atoms with Gasteiger partial charge in [0.15, 0.2) is 0 Å². The molecule has 92 valence electrons. The molecule has 0 aromatic carbocycles. The number of rotatable bonds is 4. The van der Waals surface area contributed by atoms with E-state index < -0.39 is 0 Å². The third kappa shape index (κ3) is 3.20. The smallest absolute Gasteiger partial charge is 0.227 e. The summed E-state index contributed by atoms with van der Waals surface area (Å²) >= 11 is 0. The predicted molar refractivity (Wildman–Crippen MR) is 61.9 cm³/mol. The lowest BCUT2D eigenvalue weighted by Gasteiger charge is -2.21. The van der Waals surface area contributed by atoms with Gasteiger partial charge in [0.05, 0.1) is 5.92 Å². The average molecular weight is 227 g/mol. The second kappa shape index (κ2) is 5.84. The van der Waals surface area contributed by atoms with Crippen molar-refractivity contribution in [2.75, 3.05) is 40.3 Å². The number of hydrogen-bond donors (Lipinski definition) is 1. The Morgan fingerprint density at radius 1 is 1.50 bits per heavy atom. The molecule has 0 bridgehead atoms. The maximum atomic E-state index is 12.0. The summed E-state index contributed by atoms with van der Waals surface area (Å²) < 4.78 is 0. The summed E-state index contributed by atoms with van der Waals surface area (Å²) in [6.45, 7) is 4.36. The Morgan fingerprint density at radius 2 is 2.19 bits per heavy atom. The highest BCUT2D eigenvalue weighted by Crippen LogP contribution is 2.18. The maximum absolute atomic E-state index is 12.0. The van der Waals surface area contributed by atoms with Crippen LogP contribution in [0.2, 0.25) is 0 Å². The minimum Gasteiger partial charge on any atom is -0.344 e. The number of carbonyl (C=O) groups is 2. The van der Waals surface area contributed by atoms with Crippen LogP contribution in [-0.2, 0) is 9.59 Å². The van der Waals surface area contributed by atoms with E-state index in [1.165, 1.54) is 0 Å². The first-order valence-electron chi connectivity index (χ1n) is 5.71. The Kier molecular flexibility index (Phi) is 4.73. The molecule has 1 aliphatic rings. The molecule has 0 saturated carbocycles. The van der Waals surface area contributed by atoms with Gasteiger partial charge < -0.3 is 15.1 Å². The molecule has 5 nitrogen and oxygen atoms in total. The Bertz CT molecular complexity index is 268. The summed E-state index contributed by atoms with van der Waals surface area (Å²) in [5, 5.41) is 3.01. The van der Waals surface area contributed by atoms with Crippen molar-refractivity contribution in [3.05, 3.63) is 0 Å². The molecule has 1 saturated heterocycles. The summed E-state index contributed by atoms with van der Waals surface area (Å²) in [5.41, 5.74) is 0. The molecule has 1 unspecified atom stereocenters. The molecule has 16 heavy (non-hydrogen) atoms. The van der Waals surface area contributed by atoms with Crippen LogP contribution >= 0.6 is 0 Å². The van der Waals surface area contributed by atoms with Gasteiger partial charge in [0.25, 0.3) is 0 Å². The van der Waals surface area contributed by atoms with Gasteiger partial charge in [-0.15, -0.1) is 0 Å². The van der Waals surface area contributed by atoms with Crippen molar-refractivity contribution in [2.45, 2.75) is 13.3 Å². The van der Waals surface area contributed by atoms with Crippen LogP contribution < -0.4 is 5.32 Å². The number of likely N-dealkylation sites (tertiary alicyclic amines) is 1. The van der Waals surface area contributed by atoms with Crippen LogP contribution in [0.1, 0.15) is 13.3 Å². The zero-order valence-electron chi connectivity index (χ0n) is 10.3. The van der Waals surface area contributed by atoms with E-state index in [2.05, 4.69) is 5.32 Å². The van der Waals surface area contributed by atoms with E-state index in [4.69, 9.17) is 0 Å². The standard InChI is InChI=1S/C11H21N3O2/c1-9(15)14-6-4-10(8-14)11(16)13(3)7-5-12-2/h10,12H,4-8H2,1-3H3. The summed E-state index contributed by atoms with van der Waals surface area (Å²) in [7, 11) is 3.68. The minimum atomic E-state index is -0.00856. The first kappa shape index (κ1) is 13.0. The summed E-state index contributed by atoms with van der Waals surface area (Å²) in [4.78, 5) is 26.6. The third-order valence-electron chi connectivity index (χ3n) is 3.06. The molecule has 0 radical (unpaired) electrons. The molecule has 0 aromatic rings. The molecule has 1 fully saturated rings. The number of carbonyl (C=O) groups excluding carboxylic acids is 2. The van der Waals surface area contributed by atoms with Crippen LogP contribution in [0.25, 0.3) is 0 Å². The first-order valence-corrected chi connectivity index (χ1v) is 5.71. The van der Waals surface area contributed by atoms with E-state index >= 15 is 0 Å². The highest BCUT2D eigenvalue weighted by atomic mass is 16.2. The molecule has 1 rings (SSSR count). The third-order valence-corrected chi connectivity index (χ3v) is 3.06. The number of nitrogens with one attached hydrogen (secondary N) is 1. The van der Waals surface area contributed by atoms with E-state index in [0.717, 1.165) is 13.0 Å². The van der Waals surface area contributed by atoms with Crippen LogP contribution in [0.4, 0.5) is 0 Å². The van der Waals surface area contributed by atoms with Crippen molar-refractivity contribution < 1.29 is 9.59 Å². The number of hydrogen-bond acceptors (Lipinski definition) is 3. The molecule has 1 aliphatic heterocycles. The van der Waals surface area contributed by atoms with Crippen LogP contribution in [0, 0.1) is 5.92 Å². The Labute approximate surface area is 96.8 Å². The van der Waals surface area contributed by atoms with Gasteiger partial charge in [0, 0.05) is 40.2 Å². The van der Waals surface area contributed by atoms with Crippen LogP contribution in [0.3, 0.4) is 0 Å². The lowest BCUT2D eigenvalue weighted by Crippen LogP contribution is -2.38. The average Bonchev–Trinajstić information content (AvgIpc) is 2.74. The van der Waals surface area contributed by atoms with Gasteiger partial charge in [0.1, 0.15) is 0 Å². The zero-order chi connectivity index (χ0) is 12.1. The van der Waals surface area contributed by atoms with E-state index in [1.807, 2.05) is 14.1 Å². The largest absolute Gasteiger partial charge is 0.344 e. The second-order valence-corrected chi connectivity index (χ2v) is 4.31. The minimum absolute atomic E-state index is 0.00856. The molecule has 1 heterocycles. The second-order valence-electron chi connectivity index (χ2n) is 4.31. The van der Waals surface area contributed by atoms with Crippen LogP contribution in [0.15, 0.2) is 0 Å². The van der Waals surface area contributed by atoms with Crippen molar-refractivity contribution in [1.82, 2.24) is 15.1 Å². The van der Waals surface area contributed by atoms with Gasteiger partial charge in [-0.25, -0.2) is 0 Å². The molecule has 1 atom stereocenters. The normalized spacial score (nSPS) is 19.9. The van der Waals surface area contributed by atoms with Gasteiger partial charge in [-0.05, 0) is 13.5 Å². The fraction of sp³-hybridized carbons (Fsp3) is 0.818. The molecule has 0 aliphatic carbocycles. The summed E-state index contributed by atoms with van der Waals surface area (Å²) in [6, 6.07) is 0. The molecule has 5 heteroatoms. The first-order chi connectivity index (χ1) is 7.56. The monoisotopic (exact) mass is 227 g/mol. The van der Waals surface area contributed by atoms with E-state index in [1.54, 1.807) is 16.7 Å². The van der Waals surface area contributed by atoms with Gasteiger partial charge in [-0.1, -0.05) is 0 Å². The highest BCUT2D eigenvalue weighted by molar-refractivity contribution is 5.81. The number of amides is 2. The van der Waals surface area contributed by atoms with E-state index in [9.17, 15) is 9.59 Å². The van der Waals surface area contributed by atoms with Crippen molar-refractivity contribution >= 4 is 11.8 Å². The highest BCUT2D eigenvalue weighted by Gasteiger charge is 2.31. The van der Waals surface area contributed by atoms with Gasteiger partial charge in [0.2, 0.25) is 11.8 Å². The van der Waals surface area contributed by atoms with Crippen LogP contribution in [0.5, 0.6) is 0 Å². The Morgan fingerprint density at radius 3 is 2.69 bits per heavy atom. The molecular formula is C11H21N3O2. The van der Waals surface area contributed by atoms with Crippen molar-refractivity contribution in [2.24, 2.45) is 5.92 Å². The Hall–Kier alpha value is -1.10. The van der Waals surface area contributed by atoms with Gasteiger partial charge in [-0.3, -0.25) is 9.59 Å².